The van der Waals surface area contributed by atoms with Crippen LogP contribution in [0.15, 0.2) is 6.20 Å². The first-order valence-corrected chi connectivity index (χ1v) is 10.6. The molecule has 1 atom stereocenters. The number of hydrogen-bond donors (Lipinski definition) is 0. The van der Waals surface area contributed by atoms with Crippen molar-refractivity contribution < 1.29 is 0 Å². The lowest BCUT2D eigenvalue weighted by Gasteiger charge is -2.36. The molecule has 0 amide bonds. The van der Waals surface area contributed by atoms with E-state index < -0.39 is 0 Å². The van der Waals surface area contributed by atoms with Crippen LogP contribution in [0.25, 0.3) is 0 Å². The highest BCUT2D eigenvalue weighted by molar-refractivity contribution is 4.95. The van der Waals surface area contributed by atoms with Crippen LogP contribution in [0.4, 0.5) is 0 Å². The Balaban J connectivity index is 1.26. The maximum atomic E-state index is 4.48. The standard InChI is InChI=1S/C20H35N5/c1-17(14-18-6-7-18)24-12-8-20(9-13-24)25-16-19(21-22-25)15-23-10-4-2-3-5-11-23/h16-18,20H,2-15H2,1H3/t17-/m0/s1. The fourth-order valence-electron chi connectivity index (χ4n) is 4.66. The Kier molecular flexibility index (Phi) is 5.71. The van der Waals surface area contributed by atoms with E-state index in [9.17, 15) is 0 Å². The second kappa shape index (κ2) is 8.17. The molecule has 2 aliphatic heterocycles. The van der Waals surface area contributed by atoms with Crippen LogP contribution in [0.2, 0.25) is 0 Å². The molecule has 0 N–H and O–H groups in total. The van der Waals surface area contributed by atoms with Gasteiger partial charge in [0.05, 0.1) is 17.9 Å². The minimum atomic E-state index is 0.551. The van der Waals surface area contributed by atoms with Gasteiger partial charge in [0.15, 0.2) is 0 Å². The first-order valence-electron chi connectivity index (χ1n) is 10.6. The Labute approximate surface area is 152 Å². The van der Waals surface area contributed by atoms with E-state index in [0.717, 1.165) is 24.2 Å². The number of nitrogens with zero attached hydrogens (tertiary/aromatic N) is 5. The Hall–Kier alpha value is -0.940. The van der Waals surface area contributed by atoms with E-state index in [4.69, 9.17) is 0 Å². The Morgan fingerprint density at radius 3 is 2.40 bits per heavy atom. The van der Waals surface area contributed by atoms with E-state index >= 15 is 0 Å². The second-order valence-corrected chi connectivity index (χ2v) is 8.68. The van der Waals surface area contributed by atoms with Crippen LogP contribution in [-0.2, 0) is 6.54 Å². The van der Waals surface area contributed by atoms with Crippen LogP contribution in [0.3, 0.4) is 0 Å². The van der Waals surface area contributed by atoms with Gasteiger partial charge in [0.25, 0.3) is 0 Å². The van der Waals surface area contributed by atoms with E-state index in [0.29, 0.717) is 6.04 Å². The molecule has 0 spiro atoms. The van der Waals surface area contributed by atoms with Crippen molar-refractivity contribution in [2.24, 2.45) is 5.92 Å². The first kappa shape index (κ1) is 17.5. The van der Waals surface area contributed by atoms with Crippen molar-refractivity contribution in [1.82, 2.24) is 24.8 Å². The smallest absolute Gasteiger partial charge is 0.0967 e. The zero-order valence-corrected chi connectivity index (χ0v) is 15.9. The third-order valence-corrected chi connectivity index (χ3v) is 6.51. The SMILES string of the molecule is C[C@@H](CC1CC1)N1CCC(n2cc(CN3CCCCCC3)nn2)CC1. The summed E-state index contributed by atoms with van der Waals surface area (Å²) in [4.78, 5) is 5.26. The Bertz CT molecular complexity index is 522. The molecule has 1 aromatic rings. The summed E-state index contributed by atoms with van der Waals surface area (Å²) in [6.45, 7) is 8.30. The molecule has 140 valence electrons. The van der Waals surface area contributed by atoms with Gasteiger partial charge in [0.2, 0.25) is 0 Å². The van der Waals surface area contributed by atoms with Gasteiger partial charge in [-0.15, -0.1) is 5.10 Å². The predicted molar refractivity (Wildman–Crippen MR) is 100 cm³/mol. The van der Waals surface area contributed by atoms with E-state index in [1.165, 1.54) is 84.0 Å². The molecule has 5 nitrogen and oxygen atoms in total. The number of likely N-dealkylation sites (tertiary alicyclic amines) is 2. The van der Waals surface area contributed by atoms with Crippen molar-refractivity contribution in [2.75, 3.05) is 26.2 Å². The normalized spacial score (nSPS) is 25.8. The van der Waals surface area contributed by atoms with Crippen LogP contribution in [0.1, 0.15) is 76.4 Å². The van der Waals surface area contributed by atoms with Crippen molar-refractivity contribution in [2.45, 2.75) is 83.3 Å². The highest BCUT2D eigenvalue weighted by atomic mass is 15.4. The summed E-state index contributed by atoms with van der Waals surface area (Å²) in [5.41, 5.74) is 1.16. The van der Waals surface area contributed by atoms with Crippen LogP contribution < -0.4 is 0 Å². The number of piperidine rings is 1. The van der Waals surface area contributed by atoms with Crippen LogP contribution in [-0.4, -0.2) is 57.0 Å². The molecule has 2 saturated heterocycles. The molecular weight excluding hydrogens is 310 g/mol. The highest BCUT2D eigenvalue weighted by Gasteiger charge is 2.29. The molecule has 5 heteroatoms. The van der Waals surface area contributed by atoms with E-state index in [1.54, 1.807) is 0 Å². The molecule has 0 radical (unpaired) electrons. The molecule has 25 heavy (non-hydrogen) atoms. The summed E-state index contributed by atoms with van der Waals surface area (Å²) in [5.74, 6) is 1.03. The fraction of sp³-hybridized carbons (Fsp3) is 0.900. The van der Waals surface area contributed by atoms with E-state index in [1.807, 2.05) is 0 Å². The third-order valence-electron chi connectivity index (χ3n) is 6.51. The average molecular weight is 346 g/mol. The lowest BCUT2D eigenvalue weighted by Crippen LogP contribution is -2.40. The minimum Gasteiger partial charge on any atom is -0.300 e. The number of hydrogen-bond acceptors (Lipinski definition) is 4. The lowest BCUT2D eigenvalue weighted by atomic mass is 10.0. The summed E-state index contributed by atoms with van der Waals surface area (Å²) in [5, 5.41) is 8.95. The molecule has 1 saturated carbocycles. The zero-order chi connectivity index (χ0) is 17.1. The van der Waals surface area contributed by atoms with Gasteiger partial charge in [0.1, 0.15) is 0 Å². The van der Waals surface area contributed by atoms with Crippen molar-refractivity contribution in [3.05, 3.63) is 11.9 Å². The zero-order valence-electron chi connectivity index (χ0n) is 15.9. The van der Waals surface area contributed by atoms with Gasteiger partial charge >= 0.3 is 0 Å². The quantitative estimate of drug-likeness (QED) is 0.791. The molecule has 0 bridgehead atoms. The molecular formula is C20H35N5. The van der Waals surface area contributed by atoms with Gasteiger partial charge in [-0.1, -0.05) is 30.9 Å². The van der Waals surface area contributed by atoms with Crippen molar-refractivity contribution >= 4 is 0 Å². The van der Waals surface area contributed by atoms with Gasteiger partial charge in [-0.05, 0) is 58.0 Å². The highest BCUT2D eigenvalue weighted by Crippen LogP contribution is 2.35. The third kappa shape index (κ3) is 4.82. The average Bonchev–Trinajstić information content (AvgIpc) is 3.38. The fourth-order valence-corrected chi connectivity index (χ4v) is 4.66. The maximum Gasteiger partial charge on any atom is 0.0967 e. The molecule has 3 fully saturated rings. The van der Waals surface area contributed by atoms with Crippen molar-refractivity contribution in [1.29, 1.82) is 0 Å². The number of aromatic nitrogens is 3. The minimum absolute atomic E-state index is 0.551. The summed E-state index contributed by atoms with van der Waals surface area (Å²) in [7, 11) is 0. The molecule has 3 aliphatic rings. The first-order chi connectivity index (χ1) is 12.3. The van der Waals surface area contributed by atoms with Gasteiger partial charge in [-0.25, -0.2) is 4.68 Å². The van der Waals surface area contributed by atoms with E-state index in [-0.39, 0.29) is 0 Å². The molecule has 1 aliphatic carbocycles. The van der Waals surface area contributed by atoms with Crippen molar-refractivity contribution in [3.8, 4) is 0 Å². The predicted octanol–water partition coefficient (Wildman–Crippen LogP) is 3.48. The van der Waals surface area contributed by atoms with Gasteiger partial charge < -0.3 is 4.90 Å². The van der Waals surface area contributed by atoms with Gasteiger partial charge in [-0.2, -0.15) is 0 Å². The van der Waals surface area contributed by atoms with E-state index in [2.05, 4.69) is 37.9 Å². The maximum absolute atomic E-state index is 4.48. The van der Waals surface area contributed by atoms with Gasteiger partial charge in [-0.3, -0.25) is 4.90 Å². The molecule has 3 heterocycles. The molecule has 0 unspecified atom stereocenters. The topological polar surface area (TPSA) is 37.2 Å². The van der Waals surface area contributed by atoms with Crippen molar-refractivity contribution in [3.63, 3.8) is 0 Å². The summed E-state index contributed by atoms with van der Waals surface area (Å²) >= 11 is 0. The molecule has 0 aromatic carbocycles. The second-order valence-electron chi connectivity index (χ2n) is 8.68. The summed E-state index contributed by atoms with van der Waals surface area (Å²) in [6.07, 6.45) is 14.5. The van der Waals surface area contributed by atoms with Gasteiger partial charge in [0, 0.05) is 25.7 Å². The summed E-state index contributed by atoms with van der Waals surface area (Å²) < 4.78 is 2.16. The Morgan fingerprint density at radius 2 is 1.72 bits per heavy atom. The molecule has 4 rings (SSSR count). The van der Waals surface area contributed by atoms with Crippen LogP contribution >= 0.6 is 0 Å². The summed E-state index contributed by atoms with van der Waals surface area (Å²) in [6, 6.07) is 1.32. The van der Waals surface area contributed by atoms with Crippen LogP contribution in [0.5, 0.6) is 0 Å². The molecule has 1 aromatic heterocycles. The Morgan fingerprint density at radius 1 is 1.00 bits per heavy atom. The lowest BCUT2D eigenvalue weighted by molar-refractivity contribution is 0.129. The monoisotopic (exact) mass is 345 g/mol. The number of rotatable bonds is 6. The van der Waals surface area contributed by atoms with Crippen LogP contribution in [0, 0.1) is 5.92 Å². The largest absolute Gasteiger partial charge is 0.300 e.